The van der Waals surface area contributed by atoms with E-state index in [0.29, 0.717) is 0 Å². The molecular formula is C11H15N3OS. The molecule has 1 N–H and O–H groups in total. The van der Waals surface area contributed by atoms with E-state index < -0.39 is 0 Å². The molecule has 1 aliphatic heterocycles. The minimum atomic E-state index is 0.777. The summed E-state index contributed by atoms with van der Waals surface area (Å²) in [5.41, 5.74) is 2.55. The fraction of sp³-hybridized carbons (Fsp3) is 0.636. The number of nitrogens with zero attached hydrogens (tertiary/aromatic N) is 2. The van der Waals surface area contributed by atoms with Crippen molar-refractivity contribution < 1.29 is 4.74 Å². The van der Waals surface area contributed by atoms with Gasteiger partial charge < -0.3 is 14.6 Å². The number of rotatable bonds is 1. The molecule has 0 spiro atoms. The largest absolute Gasteiger partial charge is 0.378 e. The summed E-state index contributed by atoms with van der Waals surface area (Å²) in [4.78, 5) is 10.1. The molecule has 0 atom stereocenters. The Hall–Kier alpha value is -0.940. The molecule has 1 aromatic rings. The van der Waals surface area contributed by atoms with Crippen molar-refractivity contribution in [3.8, 4) is 0 Å². The first-order valence-corrected chi connectivity index (χ1v) is 6.20. The second-order valence-electron chi connectivity index (χ2n) is 4.28. The highest BCUT2D eigenvalue weighted by Gasteiger charge is 2.18. The van der Waals surface area contributed by atoms with Gasteiger partial charge in [0.15, 0.2) is 0 Å². The van der Waals surface area contributed by atoms with Gasteiger partial charge in [0.2, 0.25) is 5.95 Å². The lowest BCUT2D eigenvalue weighted by atomic mass is 10.3. The molecule has 86 valence electrons. The Bertz CT molecular complexity index is 451. The highest BCUT2D eigenvalue weighted by atomic mass is 32.1. The number of aromatic nitrogens is 2. The Balaban J connectivity index is 1.96. The van der Waals surface area contributed by atoms with Crippen LogP contribution in [0.4, 0.5) is 5.95 Å². The number of fused-ring (bicyclic) bond motifs is 1. The van der Waals surface area contributed by atoms with Crippen molar-refractivity contribution in [3.63, 3.8) is 0 Å². The zero-order valence-corrected chi connectivity index (χ0v) is 9.98. The number of morpholine rings is 1. The Morgan fingerprint density at radius 2 is 2.06 bits per heavy atom. The smallest absolute Gasteiger partial charge is 0.204 e. The van der Waals surface area contributed by atoms with Crippen LogP contribution < -0.4 is 4.90 Å². The molecule has 1 fully saturated rings. The molecule has 3 rings (SSSR count). The van der Waals surface area contributed by atoms with Gasteiger partial charge in [-0.2, -0.15) is 0 Å². The summed E-state index contributed by atoms with van der Waals surface area (Å²) in [6.45, 7) is 3.35. The Labute approximate surface area is 99.6 Å². The van der Waals surface area contributed by atoms with E-state index in [-0.39, 0.29) is 0 Å². The molecule has 1 aromatic heterocycles. The van der Waals surface area contributed by atoms with E-state index in [9.17, 15) is 0 Å². The van der Waals surface area contributed by atoms with Gasteiger partial charge in [0, 0.05) is 24.3 Å². The van der Waals surface area contributed by atoms with Crippen molar-refractivity contribution in [3.05, 3.63) is 15.9 Å². The monoisotopic (exact) mass is 237 g/mol. The predicted molar refractivity (Wildman–Crippen MR) is 64.5 cm³/mol. The number of hydrogen-bond acceptors (Lipinski definition) is 4. The van der Waals surface area contributed by atoms with Gasteiger partial charge in [-0.15, -0.1) is 0 Å². The van der Waals surface area contributed by atoms with Crippen LogP contribution in [0.25, 0.3) is 0 Å². The van der Waals surface area contributed by atoms with Gasteiger partial charge in [-0.1, -0.05) is 12.2 Å². The van der Waals surface area contributed by atoms with Crippen LogP contribution in [0, 0.1) is 4.64 Å². The third-order valence-corrected chi connectivity index (χ3v) is 3.59. The fourth-order valence-corrected chi connectivity index (χ4v) is 2.68. The summed E-state index contributed by atoms with van der Waals surface area (Å²) < 4.78 is 6.12. The maximum absolute atomic E-state index is 5.35. The van der Waals surface area contributed by atoms with Crippen molar-refractivity contribution in [2.45, 2.75) is 19.3 Å². The molecule has 2 heterocycles. The minimum Gasteiger partial charge on any atom is -0.378 e. The number of ether oxygens (including phenoxy) is 1. The molecule has 16 heavy (non-hydrogen) atoms. The van der Waals surface area contributed by atoms with E-state index in [4.69, 9.17) is 17.0 Å². The van der Waals surface area contributed by atoms with E-state index in [2.05, 4.69) is 14.9 Å². The van der Waals surface area contributed by atoms with Crippen LogP contribution in [-0.4, -0.2) is 36.3 Å². The Morgan fingerprint density at radius 1 is 1.25 bits per heavy atom. The number of hydrogen-bond donors (Lipinski definition) is 1. The van der Waals surface area contributed by atoms with Gasteiger partial charge >= 0.3 is 0 Å². The van der Waals surface area contributed by atoms with E-state index in [1.54, 1.807) is 0 Å². The van der Waals surface area contributed by atoms with Crippen molar-refractivity contribution in [2.75, 3.05) is 31.2 Å². The molecular weight excluding hydrogens is 222 g/mol. The van der Waals surface area contributed by atoms with Crippen LogP contribution in [0.1, 0.15) is 17.7 Å². The number of aromatic amines is 1. The molecule has 0 saturated carbocycles. The van der Waals surface area contributed by atoms with Crippen LogP contribution in [0.15, 0.2) is 0 Å². The number of H-pyrrole nitrogens is 1. The van der Waals surface area contributed by atoms with Gasteiger partial charge in [0.05, 0.1) is 13.2 Å². The Morgan fingerprint density at radius 3 is 2.88 bits per heavy atom. The predicted octanol–water partition coefficient (Wildman–Crippen LogP) is 1.46. The van der Waals surface area contributed by atoms with Crippen molar-refractivity contribution in [2.24, 2.45) is 0 Å². The molecule has 0 unspecified atom stereocenters. The van der Waals surface area contributed by atoms with Crippen LogP contribution >= 0.6 is 12.2 Å². The lowest BCUT2D eigenvalue weighted by Crippen LogP contribution is -2.37. The molecule has 4 nitrogen and oxygen atoms in total. The van der Waals surface area contributed by atoms with Gasteiger partial charge in [-0.3, -0.25) is 0 Å². The standard InChI is InChI=1S/C11H15N3OS/c16-10-8-2-1-3-9(8)12-11(13-10)14-4-6-15-7-5-14/h1-7H2,(H,12,13,16). The lowest BCUT2D eigenvalue weighted by Gasteiger charge is -2.27. The van der Waals surface area contributed by atoms with Crippen LogP contribution in [0.2, 0.25) is 0 Å². The maximum Gasteiger partial charge on any atom is 0.204 e. The zero-order valence-electron chi connectivity index (χ0n) is 9.16. The lowest BCUT2D eigenvalue weighted by molar-refractivity contribution is 0.122. The second kappa shape index (κ2) is 4.14. The van der Waals surface area contributed by atoms with Crippen molar-refractivity contribution in [1.29, 1.82) is 0 Å². The third kappa shape index (κ3) is 1.74. The summed E-state index contributed by atoms with van der Waals surface area (Å²) in [6.07, 6.45) is 3.39. The average Bonchev–Trinajstić information content (AvgIpc) is 2.79. The molecule has 1 aliphatic carbocycles. The average molecular weight is 237 g/mol. The second-order valence-corrected chi connectivity index (χ2v) is 4.66. The van der Waals surface area contributed by atoms with Crippen molar-refractivity contribution >= 4 is 18.2 Å². The van der Waals surface area contributed by atoms with E-state index in [1.165, 1.54) is 17.7 Å². The molecule has 0 amide bonds. The molecule has 2 aliphatic rings. The van der Waals surface area contributed by atoms with Crippen molar-refractivity contribution in [1.82, 2.24) is 9.97 Å². The van der Waals surface area contributed by atoms with Crippen LogP contribution in [0.3, 0.4) is 0 Å². The fourth-order valence-electron chi connectivity index (χ4n) is 2.37. The molecule has 1 saturated heterocycles. The highest BCUT2D eigenvalue weighted by molar-refractivity contribution is 7.71. The highest BCUT2D eigenvalue weighted by Crippen LogP contribution is 2.23. The number of aryl methyl sites for hydroxylation is 1. The summed E-state index contributed by atoms with van der Waals surface area (Å²) in [5, 5.41) is 0. The Kier molecular flexibility index (Phi) is 2.65. The summed E-state index contributed by atoms with van der Waals surface area (Å²) >= 11 is 5.35. The SMILES string of the molecule is S=c1nc(N2CCOCC2)[nH]c2c1CCC2. The van der Waals surface area contributed by atoms with Gasteiger partial charge in [0.1, 0.15) is 4.64 Å². The molecule has 0 bridgehead atoms. The first-order valence-electron chi connectivity index (χ1n) is 5.79. The molecule has 5 heteroatoms. The van der Waals surface area contributed by atoms with Gasteiger partial charge in [-0.05, 0) is 19.3 Å². The molecule has 0 aromatic carbocycles. The van der Waals surface area contributed by atoms with E-state index in [0.717, 1.165) is 49.7 Å². The third-order valence-electron chi connectivity index (χ3n) is 3.26. The van der Waals surface area contributed by atoms with Crippen LogP contribution in [-0.2, 0) is 17.6 Å². The maximum atomic E-state index is 5.35. The first-order chi connectivity index (χ1) is 7.84. The summed E-state index contributed by atoms with van der Waals surface area (Å²) in [6, 6.07) is 0. The summed E-state index contributed by atoms with van der Waals surface area (Å²) in [7, 11) is 0. The number of anilines is 1. The topological polar surface area (TPSA) is 41.2 Å². The summed E-state index contributed by atoms with van der Waals surface area (Å²) in [5.74, 6) is 0.925. The molecule has 0 radical (unpaired) electrons. The first kappa shape index (κ1) is 10.2. The van der Waals surface area contributed by atoms with Gasteiger partial charge in [-0.25, -0.2) is 4.98 Å². The minimum absolute atomic E-state index is 0.777. The van der Waals surface area contributed by atoms with Gasteiger partial charge in [0.25, 0.3) is 0 Å². The van der Waals surface area contributed by atoms with Crippen LogP contribution in [0.5, 0.6) is 0 Å². The number of nitrogens with one attached hydrogen (secondary N) is 1. The van der Waals surface area contributed by atoms with E-state index in [1.807, 2.05) is 0 Å². The zero-order chi connectivity index (χ0) is 11.0. The van der Waals surface area contributed by atoms with E-state index >= 15 is 0 Å². The quantitative estimate of drug-likeness (QED) is 0.751. The normalized spacial score (nSPS) is 19.9.